The van der Waals surface area contributed by atoms with Gasteiger partial charge in [0.15, 0.2) is 11.5 Å². The normalized spacial score (nSPS) is 17.5. The summed E-state index contributed by atoms with van der Waals surface area (Å²) in [6.45, 7) is 1.72. The third-order valence-electron chi connectivity index (χ3n) is 5.57. The topological polar surface area (TPSA) is 47.6 Å². The highest BCUT2D eigenvalue weighted by Crippen LogP contribution is 2.44. The van der Waals surface area contributed by atoms with Crippen LogP contribution < -0.4 is 14.8 Å². The summed E-state index contributed by atoms with van der Waals surface area (Å²) in [6, 6.07) is 13.7. The average molecular weight is 386 g/mol. The molecule has 2 aromatic rings. The summed E-state index contributed by atoms with van der Waals surface area (Å²) in [5.41, 5.74) is 1.69. The fourth-order valence-electron chi connectivity index (χ4n) is 4.15. The van der Waals surface area contributed by atoms with Gasteiger partial charge in [-0.15, -0.1) is 0 Å². The predicted molar refractivity (Wildman–Crippen MR) is 106 cm³/mol. The first-order valence-electron chi connectivity index (χ1n) is 9.60. The molecule has 0 bridgehead atoms. The molecule has 27 heavy (non-hydrogen) atoms. The number of hydrogen-bond acceptors (Lipinski definition) is 3. The largest absolute Gasteiger partial charge is 0.486 e. The van der Waals surface area contributed by atoms with E-state index in [0.717, 1.165) is 59.8 Å². The lowest BCUT2D eigenvalue weighted by Crippen LogP contribution is -2.43. The van der Waals surface area contributed by atoms with Crippen molar-refractivity contribution in [2.75, 3.05) is 19.8 Å². The fourth-order valence-corrected chi connectivity index (χ4v) is 4.36. The molecule has 4 rings (SSSR count). The van der Waals surface area contributed by atoms with Crippen LogP contribution in [0.2, 0.25) is 5.02 Å². The highest BCUT2D eigenvalue weighted by molar-refractivity contribution is 6.30. The molecule has 0 spiro atoms. The van der Waals surface area contributed by atoms with Gasteiger partial charge in [0.2, 0.25) is 5.91 Å². The Morgan fingerprint density at radius 3 is 2.59 bits per heavy atom. The van der Waals surface area contributed by atoms with Crippen LogP contribution in [0.3, 0.4) is 0 Å². The van der Waals surface area contributed by atoms with E-state index in [1.165, 1.54) is 0 Å². The number of rotatable bonds is 5. The van der Waals surface area contributed by atoms with Crippen LogP contribution in [-0.2, 0) is 16.6 Å². The monoisotopic (exact) mass is 385 g/mol. The summed E-state index contributed by atoms with van der Waals surface area (Å²) >= 11 is 6.04. The summed E-state index contributed by atoms with van der Waals surface area (Å²) in [5, 5.41) is 3.88. The van der Waals surface area contributed by atoms with Crippen molar-refractivity contribution in [3.63, 3.8) is 0 Å². The van der Waals surface area contributed by atoms with Crippen LogP contribution in [0.4, 0.5) is 0 Å². The summed E-state index contributed by atoms with van der Waals surface area (Å²) in [7, 11) is 0. The van der Waals surface area contributed by atoms with E-state index in [1.54, 1.807) is 0 Å². The number of nitrogens with one attached hydrogen (secondary N) is 1. The molecule has 5 heteroatoms. The zero-order valence-electron chi connectivity index (χ0n) is 15.3. The fraction of sp³-hybridized carbons (Fsp3) is 0.409. The van der Waals surface area contributed by atoms with Crippen LogP contribution in [0, 0.1) is 0 Å². The van der Waals surface area contributed by atoms with Gasteiger partial charge in [-0.2, -0.15) is 0 Å². The summed E-state index contributed by atoms with van der Waals surface area (Å²) in [5.74, 6) is 1.62. The summed E-state index contributed by atoms with van der Waals surface area (Å²) < 4.78 is 11.4. The van der Waals surface area contributed by atoms with Gasteiger partial charge in [0.1, 0.15) is 13.2 Å². The van der Waals surface area contributed by atoms with E-state index >= 15 is 0 Å². The second-order valence-electron chi connectivity index (χ2n) is 7.28. The molecular weight excluding hydrogens is 362 g/mol. The molecule has 1 aliphatic carbocycles. The third kappa shape index (κ3) is 3.77. The number of halogens is 1. The third-order valence-corrected chi connectivity index (χ3v) is 5.81. The first kappa shape index (κ1) is 18.2. The lowest BCUT2D eigenvalue weighted by atomic mass is 9.77. The molecule has 0 radical (unpaired) electrons. The van der Waals surface area contributed by atoms with Gasteiger partial charge in [0, 0.05) is 11.6 Å². The van der Waals surface area contributed by atoms with Gasteiger partial charge in [0.25, 0.3) is 0 Å². The summed E-state index contributed by atoms with van der Waals surface area (Å²) in [6.07, 6.45) is 4.64. The number of benzene rings is 2. The minimum atomic E-state index is -0.468. The van der Waals surface area contributed by atoms with E-state index in [0.29, 0.717) is 19.8 Å². The standard InChI is InChI=1S/C22H24ClNO3/c23-18-5-3-4-16(14-18)8-11-24-21(25)22(9-1-2-10-22)17-6-7-19-20(15-17)27-13-12-26-19/h3-7,14-15H,1-2,8-13H2,(H,24,25). The number of carbonyl (C=O) groups is 1. The van der Waals surface area contributed by atoms with Crippen LogP contribution >= 0.6 is 11.6 Å². The van der Waals surface area contributed by atoms with Gasteiger partial charge < -0.3 is 14.8 Å². The molecule has 1 heterocycles. The number of fused-ring (bicyclic) bond motifs is 1. The number of amides is 1. The van der Waals surface area contributed by atoms with Crippen LogP contribution in [0.1, 0.15) is 36.8 Å². The van der Waals surface area contributed by atoms with Crippen molar-refractivity contribution in [3.05, 3.63) is 58.6 Å². The number of carbonyl (C=O) groups excluding carboxylic acids is 1. The smallest absolute Gasteiger partial charge is 0.230 e. The first-order valence-corrected chi connectivity index (χ1v) is 9.98. The SMILES string of the molecule is O=C(NCCc1cccc(Cl)c1)C1(c2ccc3c(c2)OCCO3)CCCC1. The molecule has 1 N–H and O–H groups in total. The van der Waals surface area contributed by atoms with Gasteiger partial charge in [-0.1, -0.05) is 42.6 Å². The Bertz CT molecular complexity index is 830. The highest BCUT2D eigenvalue weighted by Gasteiger charge is 2.43. The van der Waals surface area contributed by atoms with Crippen molar-refractivity contribution in [1.29, 1.82) is 0 Å². The molecule has 1 fully saturated rings. The average Bonchev–Trinajstić information content (AvgIpc) is 3.19. The molecule has 0 saturated heterocycles. The Kier molecular flexibility index (Phi) is 5.26. The van der Waals surface area contributed by atoms with Crippen molar-refractivity contribution >= 4 is 17.5 Å². The van der Waals surface area contributed by atoms with Gasteiger partial charge in [-0.3, -0.25) is 4.79 Å². The van der Waals surface area contributed by atoms with Crippen molar-refractivity contribution < 1.29 is 14.3 Å². The molecule has 1 saturated carbocycles. The van der Waals surface area contributed by atoms with Gasteiger partial charge in [-0.05, 0) is 54.7 Å². The Balaban J connectivity index is 1.48. The minimum absolute atomic E-state index is 0.110. The number of ether oxygens (including phenoxy) is 2. The summed E-state index contributed by atoms with van der Waals surface area (Å²) in [4.78, 5) is 13.2. The van der Waals surface area contributed by atoms with Gasteiger partial charge in [0.05, 0.1) is 5.41 Å². The van der Waals surface area contributed by atoms with Crippen molar-refractivity contribution in [1.82, 2.24) is 5.32 Å². The maximum absolute atomic E-state index is 13.2. The Hall–Kier alpha value is -2.20. The quantitative estimate of drug-likeness (QED) is 0.835. The number of hydrogen-bond donors (Lipinski definition) is 1. The Morgan fingerprint density at radius 2 is 1.81 bits per heavy atom. The molecule has 1 aliphatic heterocycles. The molecule has 0 unspecified atom stereocenters. The maximum Gasteiger partial charge on any atom is 0.230 e. The zero-order valence-corrected chi connectivity index (χ0v) is 16.1. The minimum Gasteiger partial charge on any atom is -0.486 e. The molecule has 142 valence electrons. The van der Waals surface area contributed by atoms with Crippen molar-refractivity contribution in [2.24, 2.45) is 0 Å². The molecule has 2 aromatic carbocycles. The second-order valence-corrected chi connectivity index (χ2v) is 7.72. The van der Waals surface area contributed by atoms with Crippen LogP contribution in [0.25, 0.3) is 0 Å². The van der Waals surface area contributed by atoms with Crippen molar-refractivity contribution in [3.8, 4) is 11.5 Å². The van der Waals surface area contributed by atoms with E-state index < -0.39 is 5.41 Å². The lowest BCUT2D eigenvalue weighted by molar-refractivity contribution is -0.126. The molecule has 0 aromatic heterocycles. The van der Waals surface area contributed by atoms with Crippen LogP contribution in [0.15, 0.2) is 42.5 Å². The second kappa shape index (κ2) is 7.81. The van der Waals surface area contributed by atoms with E-state index in [9.17, 15) is 4.79 Å². The van der Waals surface area contributed by atoms with E-state index in [4.69, 9.17) is 21.1 Å². The van der Waals surface area contributed by atoms with Gasteiger partial charge >= 0.3 is 0 Å². The Morgan fingerprint density at radius 1 is 1.04 bits per heavy atom. The maximum atomic E-state index is 13.2. The Labute approximate surface area is 164 Å². The van der Waals surface area contributed by atoms with Crippen LogP contribution in [-0.4, -0.2) is 25.7 Å². The first-order chi connectivity index (χ1) is 13.2. The van der Waals surface area contributed by atoms with E-state index in [1.807, 2.05) is 42.5 Å². The molecule has 0 atom stereocenters. The predicted octanol–water partition coefficient (Wildman–Crippen LogP) is 4.28. The molecule has 4 nitrogen and oxygen atoms in total. The van der Waals surface area contributed by atoms with E-state index in [-0.39, 0.29) is 5.91 Å². The molecule has 2 aliphatic rings. The van der Waals surface area contributed by atoms with E-state index in [2.05, 4.69) is 5.32 Å². The van der Waals surface area contributed by atoms with Crippen molar-refractivity contribution in [2.45, 2.75) is 37.5 Å². The van der Waals surface area contributed by atoms with Gasteiger partial charge in [-0.25, -0.2) is 0 Å². The molecular formula is C22H24ClNO3. The zero-order chi connectivity index (χ0) is 18.7. The lowest BCUT2D eigenvalue weighted by Gasteiger charge is -2.30. The molecule has 1 amide bonds. The van der Waals surface area contributed by atoms with Crippen LogP contribution in [0.5, 0.6) is 11.5 Å². The highest BCUT2D eigenvalue weighted by atomic mass is 35.5.